The molecular formula is C20H32ClN3O3S. The quantitative estimate of drug-likeness (QED) is 0.754. The van der Waals surface area contributed by atoms with Crippen molar-refractivity contribution in [3.05, 3.63) is 29.8 Å². The van der Waals surface area contributed by atoms with Gasteiger partial charge in [0.2, 0.25) is 10.0 Å². The topological polar surface area (TPSA) is 78.5 Å². The average molecular weight is 430 g/mol. The SMILES string of the molecule is CC1NCCCC1NC(=O)c1ccc(S(=O)(=O)N(C)C2CCCCC2)cc1.Cl. The molecule has 3 rings (SSSR count). The predicted molar refractivity (Wildman–Crippen MR) is 113 cm³/mol. The van der Waals surface area contributed by atoms with Crippen LogP contribution in [0.2, 0.25) is 0 Å². The standard InChI is InChI=1S/C20H31N3O3S.ClH/c1-15-19(9-6-14-21-15)22-20(24)16-10-12-18(13-11-16)27(25,26)23(2)17-7-4-3-5-8-17;/h10-13,15,17,19,21H,3-9,14H2,1-2H3,(H,22,24);1H. The molecule has 0 bridgehead atoms. The number of sulfonamides is 1. The number of piperidine rings is 1. The molecule has 8 heteroatoms. The van der Waals surface area contributed by atoms with Crippen molar-refractivity contribution in [2.24, 2.45) is 0 Å². The molecule has 1 saturated carbocycles. The van der Waals surface area contributed by atoms with Gasteiger partial charge in [-0.25, -0.2) is 8.42 Å². The fourth-order valence-corrected chi connectivity index (χ4v) is 5.49. The van der Waals surface area contributed by atoms with Crippen LogP contribution in [0.3, 0.4) is 0 Å². The van der Waals surface area contributed by atoms with Crippen LogP contribution in [0, 0.1) is 0 Å². The van der Waals surface area contributed by atoms with Crippen molar-refractivity contribution >= 4 is 28.3 Å². The maximum absolute atomic E-state index is 12.9. The Kier molecular flexibility index (Phi) is 8.30. The van der Waals surface area contributed by atoms with E-state index in [4.69, 9.17) is 0 Å². The van der Waals surface area contributed by atoms with Gasteiger partial charge >= 0.3 is 0 Å². The number of benzene rings is 1. The second-order valence-electron chi connectivity index (χ2n) is 7.80. The number of amides is 1. The zero-order valence-corrected chi connectivity index (χ0v) is 18.3. The number of rotatable bonds is 5. The lowest BCUT2D eigenvalue weighted by Gasteiger charge is -2.31. The van der Waals surface area contributed by atoms with Crippen molar-refractivity contribution in [1.82, 2.24) is 14.9 Å². The highest BCUT2D eigenvalue weighted by Crippen LogP contribution is 2.26. The van der Waals surface area contributed by atoms with Crippen LogP contribution in [0.1, 0.15) is 62.2 Å². The molecule has 1 aromatic carbocycles. The molecule has 0 radical (unpaired) electrons. The average Bonchev–Trinajstić information content (AvgIpc) is 2.70. The maximum Gasteiger partial charge on any atom is 0.251 e. The summed E-state index contributed by atoms with van der Waals surface area (Å²) in [6, 6.07) is 6.74. The van der Waals surface area contributed by atoms with Gasteiger partial charge in [-0.1, -0.05) is 19.3 Å². The third-order valence-corrected chi connectivity index (χ3v) is 7.88. The first-order valence-corrected chi connectivity index (χ1v) is 11.5. The summed E-state index contributed by atoms with van der Waals surface area (Å²) in [5.41, 5.74) is 0.493. The molecule has 2 aliphatic rings. The number of nitrogens with one attached hydrogen (secondary N) is 2. The maximum atomic E-state index is 12.9. The van der Waals surface area contributed by atoms with E-state index in [2.05, 4.69) is 17.6 Å². The van der Waals surface area contributed by atoms with E-state index in [1.807, 2.05) is 0 Å². The molecule has 2 atom stereocenters. The monoisotopic (exact) mass is 429 g/mol. The Labute approximate surface area is 174 Å². The normalized spacial score (nSPS) is 23.8. The first-order chi connectivity index (χ1) is 12.9. The number of hydrogen-bond acceptors (Lipinski definition) is 4. The van der Waals surface area contributed by atoms with Gasteiger partial charge in [0.05, 0.1) is 4.90 Å². The largest absolute Gasteiger partial charge is 0.348 e. The number of hydrogen-bond donors (Lipinski definition) is 2. The van der Waals surface area contributed by atoms with Gasteiger partial charge in [-0.3, -0.25) is 4.79 Å². The van der Waals surface area contributed by atoms with Crippen LogP contribution in [-0.4, -0.2) is 50.3 Å². The second-order valence-corrected chi connectivity index (χ2v) is 9.80. The Bertz CT molecular complexity index is 748. The van der Waals surface area contributed by atoms with Gasteiger partial charge in [-0.2, -0.15) is 4.31 Å². The molecule has 1 aliphatic carbocycles. The van der Waals surface area contributed by atoms with E-state index in [9.17, 15) is 13.2 Å². The Morgan fingerprint density at radius 3 is 2.32 bits per heavy atom. The van der Waals surface area contributed by atoms with Gasteiger partial charge in [0.25, 0.3) is 5.91 Å². The van der Waals surface area contributed by atoms with Crippen molar-refractivity contribution in [2.75, 3.05) is 13.6 Å². The van der Waals surface area contributed by atoms with Crippen LogP contribution in [-0.2, 0) is 10.0 Å². The Morgan fingerprint density at radius 1 is 1.07 bits per heavy atom. The van der Waals surface area contributed by atoms with Crippen LogP contribution in [0.5, 0.6) is 0 Å². The van der Waals surface area contributed by atoms with Gasteiger partial charge in [-0.05, 0) is 63.4 Å². The molecule has 1 aliphatic heterocycles. The molecule has 1 saturated heterocycles. The van der Waals surface area contributed by atoms with Crippen LogP contribution in [0.15, 0.2) is 29.2 Å². The van der Waals surface area contributed by atoms with Crippen molar-refractivity contribution in [3.63, 3.8) is 0 Å². The van der Waals surface area contributed by atoms with Gasteiger partial charge in [0.15, 0.2) is 0 Å². The highest BCUT2D eigenvalue weighted by molar-refractivity contribution is 7.89. The molecular weight excluding hydrogens is 398 g/mol. The summed E-state index contributed by atoms with van der Waals surface area (Å²) in [6.07, 6.45) is 7.19. The third-order valence-electron chi connectivity index (χ3n) is 5.96. The van der Waals surface area contributed by atoms with E-state index in [1.165, 1.54) is 10.7 Å². The van der Waals surface area contributed by atoms with Crippen LogP contribution >= 0.6 is 12.4 Å². The molecule has 1 aromatic rings. The van der Waals surface area contributed by atoms with E-state index in [0.717, 1.165) is 45.1 Å². The van der Waals surface area contributed by atoms with Crippen LogP contribution in [0.25, 0.3) is 0 Å². The third kappa shape index (κ3) is 5.26. The lowest BCUT2D eigenvalue weighted by molar-refractivity contribution is 0.0919. The zero-order valence-electron chi connectivity index (χ0n) is 16.7. The Morgan fingerprint density at radius 2 is 1.71 bits per heavy atom. The van der Waals surface area contributed by atoms with Gasteiger partial charge in [0, 0.05) is 30.7 Å². The van der Waals surface area contributed by atoms with E-state index in [0.29, 0.717) is 5.56 Å². The highest BCUT2D eigenvalue weighted by Gasteiger charge is 2.29. The van der Waals surface area contributed by atoms with Crippen LogP contribution in [0.4, 0.5) is 0 Å². The first-order valence-electron chi connectivity index (χ1n) is 10.0. The van der Waals surface area contributed by atoms with Gasteiger partial charge in [-0.15, -0.1) is 12.4 Å². The predicted octanol–water partition coefficient (Wildman–Crippen LogP) is 2.93. The van der Waals surface area contributed by atoms with E-state index in [1.54, 1.807) is 31.3 Å². The molecule has 28 heavy (non-hydrogen) atoms. The van der Waals surface area contributed by atoms with Gasteiger partial charge < -0.3 is 10.6 Å². The summed E-state index contributed by atoms with van der Waals surface area (Å²) in [4.78, 5) is 12.8. The van der Waals surface area contributed by atoms with Crippen molar-refractivity contribution in [2.45, 2.75) is 74.9 Å². The molecule has 1 heterocycles. The highest BCUT2D eigenvalue weighted by atomic mass is 35.5. The zero-order chi connectivity index (χ0) is 19.4. The fraction of sp³-hybridized carbons (Fsp3) is 0.650. The van der Waals surface area contributed by atoms with E-state index in [-0.39, 0.29) is 41.3 Å². The molecule has 1 amide bonds. The van der Waals surface area contributed by atoms with Crippen molar-refractivity contribution in [3.8, 4) is 0 Å². The summed E-state index contributed by atoms with van der Waals surface area (Å²) in [6.45, 7) is 3.05. The molecule has 2 unspecified atom stereocenters. The van der Waals surface area contributed by atoms with Crippen molar-refractivity contribution in [1.29, 1.82) is 0 Å². The first kappa shape index (κ1) is 23.1. The number of carbonyl (C=O) groups excluding carboxylic acids is 1. The van der Waals surface area contributed by atoms with E-state index >= 15 is 0 Å². The molecule has 158 valence electrons. The second kappa shape index (κ2) is 10.1. The van der Waals surface area contributed by atoms with Crippen molar-refractivity contribution < 1.29 is 13.2 Å². The lowest BCUT2D eigenvalue weighted by atomic mass is 9.96. The number of carbonyl (C=O) groups is 1. The summed E-state index contributed by atoms with van der Waals surface area (Å²) < 4.78 is 27.3. The minimum Gasteiger partial charge on any atom is -0.348 e. The minimum absolute atomic E-state index is 0. The lowest BCUT2D eigenvalue weighted by Crippen LogP contribution is -2.51. The van der Waals surface area contributed by atoms with Gasteiger partial charge in [0.1, 0.15) is 0 Å². The van der Waals surface area contributed by atoms with E-state index < -0.39 is 10.0 Å². The summed E-state index contributed by atoms with van der Waals surface area (Å²) >= 11 is 0. The Balaban J connectivity index is 0.00000280. The number of nitrogens with zero attached hydrogens (tertiary/aromatic N) is 1. The molecule has 0 aromatic heterocycles. The smallest absolute Gasteiger partial charge is 0.251 e. The summed E-state index contributed by atoms with van der Waals surface area (Å²) in [5.74, 6) is -0.153. The minimum atomic E-state index is -3.53. The summed E-state index contributed by atoms with van der Waals surface area (Å²) in [7, 11) is -1.86. The molecule has 2 fully saturated rings. The fourth-order valence-electron chi connectivity index (χ4n) is 4.08. The number of halogens is 1. The molecule has 0 spiro atoms. The van der Waals surface area contributed by atoms with Crippen LogP contribution < -0.4 is 10.6 Å². The molecule has 2 N–H and O–H groups in total. The summed E-state index contributed by atoms with van der Waals surface area (Å²) in [5, 5.41) is 6.42. The molecule has 6 nitrogen and oxygen atoms in total. The Hall–Kier alpha value is -1.15.